The van der Waals surface area contributed by atoms with Crippen LogP contribution in [0, 0.1) is 0 Å². The topological polar surface area (TPSA) is 9.23 Å². The van der Waals surface area contributed by atoms with Crippen LogP contribution in [0.4, 0.5) is 0 Å². The molecule has 3 heteroatoms. The molecule has 0 fully saturated rings. The third kappa shape index (κ3) is 4.09. The van der Waals surface area contributed by atoms with Crippen molar-refractivity contribution in [2.45, 2.75) is 110 Å². The average Bonchev–Trinajstić information content (AvgIpc) is 3.12. The Morgan fingerprint density at radius 2 is 1.28 bits per heavy atom. The van der Waals surface area contributed by atoms with Crippen LogP contribution in [0.3, 0.4) is 0 Å². The third-order valence-electron chi connectivity index (χ3n) is 6.54. The van der Waals surface area contributed by atoms with Crippen LogP contribution < -0.4 is 0 Å². The molecule has 1 heterocycles. The molecule has 0 amide bonds. The van der Waals surface area contributed by atoms with Gasteiger partial charge in [0.25, 0.3) is 0 Å². The van der Waals surface area contributed by atoms with Crippen molar-refractivity contribution in [1.82, 2.24) is 0 Å². The maximum atomic E-state index is 6.67. The Hall–Kier alpha value is -0.126. The quantitative estimate of drug-likeness (QED) is 0.409. The van der Waals surface area contributed by atoms with Crippen molar-refractivity contribution < 1.29 is 4.43 Å². The van der Waals surface area contributed by atoms with Crippen LogP contribution >= 0.6 is 0 Å². The molecule has 0 aromatic rings. The van der Waals surface area contributed by atoms with Crippen LogP contribution in [0.25, 0.3) is 0 Å². The van der Waals surface area contributed by atoms with Gasteiger partial charge in [-0.25, -0.2) is 0 Å². The van der Waals surface area contributed by atoms with Crippen LogP contribution in [0.5, 0.6) is 0 Å². The molecule has 146 valence electrons. The summed E-state index contributed by atoms with van der Waals surface area (Å²) in [6, 6.07) is 0. The van der Waals surface area contributed by atoms with E-state index in [1.54, 1.807) is 5.20 Å². The fraction of sp³-hybridized carbons (Fsp3) is 0.818. The normalized spacial score (nSPS) is 18.6. The first-order valence-electron chi connectivity index (χ1n) is 10.2. The van der Waals surface area contributed by atoms with Gasteiger partial charge in [0.15, 0.2) is 0 Å². The van der Waals surface area contributed by atoms with Crippen molar-refractivity contribution >= 4 is 16.4 Å². The van der Waals surface area contributed by atoms with Gasteiger partial charge in [0.05, 0.1) is 6.61 Å². The standard InChI is InChI=1S/C22H44OSi2/c1-17(2)25(18(3)4,19(5)6)23-15-13-14-20-16-24(20,21(7,8)9)22(10,11)12/h13-14,16-19H,15H2,1-12H3/b14-13+. The van der Waals surface area contributed by atoms with Gasteiger partial charge in [-0.2, -0.15) is 0 Å². The Balaban J connectivity index is 2.84. The zero-order valence-corrected chi connectivity index (χ0v) is 21.1. The van der Waals surface area contributed by atoms with Gasteiger partial charge in [0, 0.05) is 0 Å². The summed E-state index contributed by atoms with van der Waals surface area (Å²) < 4.78 is 6.67. The first-order valence-corrected chi connectivity index (χ1v) is 14.4. The van der Waals surface area contributed by atoms with E-state index in [9.17, 15) is 0 Å². The molecule has 0 N–H and O–H groups in total. The summed E-state index contributed by atoms with van der Waals surface area (Å²) >= 11 is 0. The Kier molecular flexibility index (Phi) is 6.85. The summed E-state index contributed by atoms with van der Waals surface area (Å²) in [4.78, 5) is 0. The molecule has 0 aromatic heterocycles. The highest BCUT2D eigenvalue weighted by atomic mass is 28.4. The van der Waals surface area contributed by atoms with Gasteiger partial charge in [0.1, 0.15) is 8.07 Å². The Morgan fingerprint density at radius 1 is 0.880 bits per heavy atom. The summed E-state index contributed by atoms with van der Waals surface area (Å²) in [5.74, 6) is 0. The van der Waals surface area contributed by atoms with Crippen molar-refractivity contribution in [1.29, 1.82) is 0 Å². The highest BCUT2D eigenvalue weighted by Gasteiger charge is 2.60. The van der Waals surface area contributed by atoms with Gasteiger partial charge in [-0.3, -0.25) is 0 Å². The van der Waals surface area contributed by atoms with Crippen molar-refractivity contribution in [3.63, 3.8) is 0 Å². The first kappa shape index (κ1) is 22.9. The molecule has 1 aliphatic rings. The van der Waals surface area contributed by atoms with Crippen LogP contribution in [0.2, 0.25) is 26.7 Å². The van der Waals surface area contributed by atoms with Gasteiger partial charge < -0.3 is 4.43 Å². The third-order valence-corrected chi connectivity index (χ3v) is 19.0. The molecule has 0 saturated heterocycles. The lowest BCUT2D eigenvalue weighted by molar-refractivity contribution is 0.316. The van der Waals surface area contributed by atoms with Crippen LogP contribution in [-0.4, -0.2) is 23.0 Å². The zero-order valence-electron chi connectivity index (χ0n) is 19.1. The van der Waals surface area contributed by atoms with E-state index in [0.717, 1.165) is 6.61 Å². The summed E-state index contributed by atoms with van der Waals surface area (Å²) in [5.41, 5.74) is 4.57. The number of hydrogen-bond donors (Lipinski definition) is 0. The second-order valence-corrected chi connectivity index (χ2v) is 21.9. The Labute approximate surface area is 160 Å². The van der Waals surface area contributed by atoms with Gasteiger partial charge in [0.2, 0.25) is 8.32 Å². The molecule has 0 aliphatic carbocycles. The van der Waals surface area contributed by atoms with E-state index in [4.69, 9.17) is 4.43 Å². The lowest BCUT2D eigenvalue weighted by Crippen LogP contribution is -2.47. The van der Waals surface area contributed by atoms with Crippen LogP contribution in [0.1, 0.15) is 83.1 Å². The van der Waals surface area contributed by atoms with Gasteiger partial charge >= 0.3 is 0 Å². The van der Waals surface area contributed by atoms with Crippen LogP contribution in [-0.2, 0) is 4.43 Å². The second-order valence-electron chi connectivity index (χ2n) is 10.9. The van der Waals surface area contributed by atoms with Gasteiger partial charge in [-0.05, 0) is 26.7 Å². The number of hydrogen-bond acceptors (Lipinski definition) is 1. The minimum Gasteiger partial charge on any atom is -0.412 e. The molecule has 0 unspecified atom stereocenters. The van der Waals surface area contributed by atoms with Gasteiger partial charge in [-0.15, -0.1) is 0 Å². The van der Waals surface area contributed by atoms with Crippen molar-refractivity contribution in [2.24, 2.45) is 0 Å². The largest absolute Gasteiger partial charge is 0.412 e. The molecule has 1 aliphatic heterocycles. The average molecular weight is 381 g/mol. The molecule has 0 atom stereocenters. The lowest BCUT2D eigenvalue weighted by atomic mass is 10.2. The highest BCUT2D eigenvalue weighted by molar-refractivity contribution is 7.05. The van der Waals surface area contributed by atoms with E-state index < -0.39 is 16.4 Å². The van der Waals surface area contributed by atoms with E-state index >= 15 is 0 Å². The monoisotopic (exact) mass is 380 g/mol. The predicted octanol–water partition coefficient (Wildman–Crippen LogP) is 7.80. The fourth-order valence-electron chi connectivity index (χ4n) is 5.67. The van der Waals surface area contributed by atoms with Crippen molar-refractivity contribution in [3.8, 4) is 0 Å². The minimum atomic E-state index is -1.75. The van der Waals surface area contributed by atoms with E-state index in [0.29, 0.717) is 26.7 Å². The minimum absolute atomic E-state index is 0.387. The SMILES string of the molecule is CC(C)[Si](OC/C=C/C1=C[Si]1(C(C)(C)C)C(C)(C)C)(C(C)C)C(C)C. The molecule has 0 saturated carbocycles. The highest BCUT2D eigenvalue weighted by Crippen LogP contribution is 2.63. The molecule has 0 aromatic carbocycles. The summed E-state index contributed by atoms with van der Waals surface area (Å²) in [6.07, 6.45) is 4.69. The number of allylic oxidation sites excluding steroid dienone is 2. The van der Waals surface area contributed by atoms with E-state index in [1.807, 2.05) is 0 Å². The molecule has 0 spiro atoms. The second kappa shape index (κ2) is 7.48. The van der Waals surface area contributed by atoms with E-state index in [-0.39, 0.29) is 0 Å². The fourth-order valence-corrected chi connectivity index (χ4v) is 17.2. The van der Waals surface area contributed by atoms with Crippen molar-refractivity contribution in [2.75, 3.05) is 6.61 Å². The Bertz CT molecular complexity index is 477. The van der Waals surface area contributed by atoms with E-state index in [1.165, 1.54) is 0 Å². The molecular weight excluding hydrogens is 336 g/mol. The van der Waals surface area contributed by atoms with Crippen LogP contribution in [0.15, 0.2) is 23.0 Å². The lowest BCUT2D eigenvalue weighted by Gasteiger charge is -2.42. The molecule has 1 rings (SSSR count). The molecule has 1 nitrogen and oxygen atoms in total. The maximum Gasteiger partial charge on any atom is 0.200 e. The molecule has 0 radical (unpaired) electrons. The first-order chi connectivity index (χ1) is 11.1. The smallest absolute Gasteiger partial charge is 0.200 e. The number of rotatable bonds is 7. The molecular formula is C22H44OSi2. The molecule has 25 heavy (non-hydrogen) atoms. The molecule has 0 bridgehead atoms. The predicted molar refractivity (Wildman–Crippen MR) is 119 cm³/mol. The summed E-state index contributed by atoms with van der Waals surface area (Å²) in [5, 5.41) is 2.40. The maximum absolute atomic E-state index is 6.67. The van der Waals surface area contributed by atoms with Gasteiger partial charge in [-0.1, -0.05) is 106 Å². The summed E-state index contributed by atoms with van der Waals surface area (Å²) in [7, 11) is -3.23. The van der Waals surface area contributed by atoms with Crippen molar-refractivity contribution in [3.05, 3.63) is 23.0 Å². The summed E-state index contributed by atoms with van der Waals surface area (Å²) in [6.45, 7) is 29.5. The Morgan fingerprint density at radius 3 is 1.56 bits per heavy atom. The zero-order chi connectivity index (χ0) is 19.8. The van der Waals surface area contributed by atoms with E-state index in [2.05, 4.69) is 101 Å².